The Morgan fingerprint density at radius 3 is 1.00 bits per heavy atom. The van der Waals surface area contributed by atoms with Crippen LogP contribution >= 0.6 is 7.82 Å². The number of phosphoric acid groups is 1. The van der Waals surface area contributed by atoms with Crippen LogP contribution in [0.5, 0.6) is 0 Å². The quantitative estimate of drug-likeness (QED) is 0.0272. The molecule has 3 unspecified atom stereocenters. The highest BCUT2D eigenvalue weighted by Crippen LogP contribution is 2.38. The lowest BCUT2D eigenvalue weighted by atomic mass is 10.0. The molecule has 2 N–H and O–H groups in total. The van der Waals surface area contributed by atoms with Gasteiger partial charge in [0.2, 0.25) is 5.91 Å². The summed E-state index contributed by atoms with van der Waals surface area (Å²) >= 11 is 0. The van der Waals surface area contributed by atoms with Gasteiger partial charge in [0.25, 0.3) is 7.82 Å². The van der Waals surface area contributed by atoms with Crippen molar-refractivity contribution in [2.24, 2.45) is 0 Å². The van der Waals surface area contributed by atoms with Crippen LogP contribution < -0.4 is 10.2 Å². The Morgan fingerprint density at radius 2 is 0.685 bits per heavy atom. The largest absolute Gasteiger partial charge is 0.756 e. The number of aliphatic hydroxyl groups excluding tert-OH is 1. The van der Waals surface area contributed by atoms with E-state index in [0.717, 1.165) is 109 Å². The number of hydrogen-bond acceptors (Lipinski definition) is 6. The van der Waals surface area contributed by atoms with Crippen molar-refractivity contribution in [2.45, 2.75) is 302 Å². The van der Waals surface area contributed by atoms with Crippen LogP contribution in [-0.2, 0) is 18.4 Å². The van der Waals surface area contributed by atoms with E-state index >= 15 is 0 Å². The number of nitrogens with zero attached hydrogens (tertiary/aromatic N) is 1. The Bertz CT molecular complexity index is 2010. The van der Waals surface area contributed by atoms with E-state index in [1.165, 1.54) is 154 Å². The second kappa shape index (κ2) is 68.5. The minimum atomic E-state index is -4.63. The first-order valence-corrected chi connectivity index (χ1v) is 37.8. The second-order valence-electron chi connectivity index (χ2n) is 25.2. The van der Waals surface area contributed by atoms with Gasteiger partial charge in [-0.2, -0.15) is 0 Å². The van der Waals surface area contributed by atoms with Crippen LogP contribution in [0.4, 0.5) is 0 Å². The first-order valence-electron chi connectivity index (χ1n) is 36.3. The maximum atomic E-state index is 13.0. The van der Waals surface area contributed by atoms with E-state index in [9.17, 15) is 19.4 Å². The molecule has 0 aromatic rings. The Labute approximate surface area is 550 Å². The van der Waals surface area contributed by atoms with Crippen molar-refractivity contribution in [1.82, 2.24) is 5.32 Å². The highest BCUT2D eigenvalue weighted by molar-refractivity contribution is 7.45. The SMILES string of the molecule is CC/C=C\C/C=C\C/C=C\C/C=C\C/C=C\C/C=C\C/C=C\C/C=C\C/C=C\C/C=C\C/C=C\C/C=C\CCCCC(=O)NC(COP(=O)([O-])OCC[N+](C)(C)C)C(O)/C=C/CCCCCCCCCCCCCCCCCCCCCCCCCCCC. The fourth-order valence-electron chi connectivity index (χ4n) is 9.90. The summed E-state index contributed by atoms with van der Waals surface area (Å²) in [5, 5.41) is 13.9. The van der Waals surface area contributed by atoms with Crippen LogP contribution in [0.15, 0.2) is 158 Å². The molecular formula is C80H137N2O6P. The maximum Gasteiger partial charge on any atom is 0.268 e. The molecule has 0 heterocycles. The number of carbonyl (C=O) groups excluding carboxylic acids is 1. The summed E-state index contributed by atoms with van der Waals surface area (Å²) in [5.41, 5.74) is 0. The summed E-state index contributed by atoms with van der Waals surface area (Å²) in [6, 6.07) is -0.924. The van der Waals surface area contributed by atoms with Crippen LogP contribution in [0.25, 0.3) is 0 Å². The maximum absolute atomic E-state index is 13.0. The average molecular weight is 1250 g/mol. The van der Waals surface area contributed by atoms with Crippen LogP contribution in [0.1, 0.15) is 290 Å². The standard InChI is InChI=1S/C80H137N2O6P/c1-6-8-10-12-14-16-18-20-22-24-26-28-30-32-34-36-37-38-39-40-41-42-43-44-45-46-48-50-52-54-56-58-60-62-64-66-68-70-72-74-80(84)81-78(77-88-89(85,86)87-76-75-82(3,4)5)79(83)73-71-69-67-65-63-61-59-57-55-53-51-49-47-35-33-31-29-27-25-23-21-19-17-15-13-11-9-7-2/h8,10,14,16,20,22,26,28,32,34,37-38,40-41,43-44,46,48,52,54,58,60,64,66,71,73,78-79,83H,6-7,9,11-13,15,17-19,21,23-25,27,29-31,33,35-36,39,42,45,47,49-51,53,55-57,59,61-63,65,67-70,72,74-77H2,1-5H3,(H-,81,84,85,86)/b10-8-,16-14-,22-20-,28-26-,34-32-,38-37-,41-40-,44-43-,48-46-,54-52-,60-58-,66-64-,73-71+. The monoisotopic (exact) mass is 1250 g/mol. The Kier molecular flexibility index (Phi) is 65.5. The molecule has 0 aliphatic heterocycles. The predicted molar refractivity (Wildman–Crippen MR) is 389 cm³/mol. The van der Waals surface area contributed by atoms with Crippen LogP contribution in [0.2, 0.25) is 0 Å². The van der Waals surface area contributed by atoms with Gasteiger partial charge >= 0.3 is 0 Å². The third-order valence-corrected chi connectivity index (χ3v) is 16.5. The number of quaternary nitrogens is 1. The Hall–Kier alpha value is -3.88. The second-order valence-corrected chi connectivity index (χ2v) is 26.6. The number of nitrogens with one attached hydrogen (secondary N) is 1. The molecule has 8 nitrogen and oxygen atoms in total. The number of aliphatic hydroxyl groups is 1. The van der Waals surface area contributed by atoms with Crippen LogP contribution in [-0.4, -0.2) is 68.5 Å². The first kappa shape index (κ1) is 85.1. The van der Waals surface area contributed by atoms with E-state index < -0.39 is 26.6 Å². The van der Waals surface area contributed by atoms with Gasteiger partial charge in [0.05, 0.1) is 39.9 Å². The minimum absolute atomic E-state index is 0.0176. The van der Waals surface area contributed by atoms with Crippen LogP contribution in [0, 0.1) is 0 Å². The summed E-state index contributed by atoms with van der Waals surface area (Å²) in [5.74, 6) is -0.243. The number of carbonyl (C=O) groups is 1. The van der Waals surface area contributed by atoms with E-state index in [-0.39, 0.29) is 18.9 Å². The van der Waals surface area contributed by atoms with Crippen molar-refractivity contribution in [3.05, 3.63) is 158 Å². The number of allylic oxidation sites excluding steroid dienone is 25. The lowest BCUT2D eigenvalue weighted by molar-refractivity contribution is -0.870. The summed E-state index contributed by atoms with van der Waals surface area (Å²) < 4.78 is 23.4. The Morgan fingerprint density at radius 1 is 0.404 bits per heavy atom. The fourth-order valence-corrected chi connectivity index (χ4v) is 10.6. The number of likely N-dealkylation sites (N-methyl/N-ethyl adjacent to an activating group) is 1. The molecule has 1 amide bonds. The van der Waals surface area contributed by atoms with E-state index in [4.69, 9.17) is 9.05 Å². The van der Waals surface area contributed by atoms with Gasteiger partial charge in [0, 0.05) is 6.42 Å². The van der Waals surface area contributed by atoms with Gasteiger partial charge in [-0.25, -0.2) is 0 Å². The summed E-state index contributed by atoms with van der Waals surface area (Å²) in [6.07, 6.45) is 107. The molecule has 0 rings (SSSR count). The van der Waals surface area contributed by atoms with Crippen LogP contribution in [0.3, 0.4) is 0 Å². The predicted octanol–water partition coefficient (Wildman–Crippen LogP) is 23.1. The zero-order chi connectivity index (χ0) is 64.8. The van der Waals surface area contributed by atoms with Gasteiger partial charge in [0.1, 0.15) is 13.2 Å². The Balaban J connectivity index is 4.22. The molecule has 0 aromatic heterocycles. The molecule has 0 saturated carbocycles. The van der Waals surface area contributed by atoms with Gasteiger partial charge in [-0.05, 0) is 109 Å². The van der Waals surface area contributed by atoms with E-state index in [0.29, 0.717) is 17.4 Å². The normalized spacial score (nSPS) is 14.6. The summed E-state index contributed by atoms with van der Waals surface area (Å²) in [4.78, 5) is 25.6. The van der Waals surface area contributed by atoms with Crippen molar-refractivity contribution in [3.63, 3.8) is 0 Å². The smallest absolute Gasteiger partial charge is 0.268 e. The molecule has 0 saturated heterocycles. The third-order valence-electron chi connectivity index (χ3n) is 15.5. The molecule has 3 atom stereocenters. The number of unbranched alkanes of at least 4 members (excludes halogenated alkanes) is 28. The molecule has 0 aliphatic carbocycles. The highest BCUT2D eigenvalue weighted by atomic mass is 31.2. The summed E-state index contributed by atoms with van der Waals surface area (Å²) in [7, 11) is 1.22. The third kappa shape index (κ3) is 71.4. The molecule has 0 bridgehead atoms. The molecule has 0 fully saturated rings. The van der Waals surface area contributed by atoms with Gasteiger partial charge in [-0.3, -0.25) is 9.36 Å². The summed E-state index contributed by atoms with van der Waals surface area (Å²) in [6.45, 7) is 4.51. The molecule has 9 heteroatoms. The lowest BCUT2D eigenvalue weighted by Gasteiger charge is -2.29. The average Bonchev–Trinajstić information content (AvgIpc) is 3.55. The highest BCUT2D eigenvalue weighted by Gasteiger charge is 2.23. The van der Waals surface area contributed by atoms with E-state index in [1.807, 2.05) is 27.2 Å². The van der Waals surface area contributed by atoms with E-state index in [1.54, 1.807) is 6.08 Å². The van der Waals surface area contributed by atoms with Gasteiger partial charge < -0.3 is 28.8 Å². The van der Waals surface area contributed by atoms with Gasteiger partial charge in [-0.1, -0.05) is 332 Å². The van der Waals surface area contributed by atoms with Gasteiger partial charge in [0.15, 0.2) is 0 Å². The first-order chi connectivity index (χ1) is 43.5. The van der Waals surface area contributed by atoms with Crippen molar-refractivity contribution in [1.29, 1.82) is 0 Å². The van der Waals surface area contributed by atoms with Crippen molar-refractivity contribution in [3.8, 4) is 0 Å². The number of amides is 1. The molecule has 0 aromatic carbocycles. The minimum Gasteiger partial charge on any atom is -0.756 e. The topological polar surface area (TPSA) is 108 Å². The number of rotatable bonds is 65. The molecule has 89 heavy (non-hydrogen) atoms. The molecule has 0 spiro atoms. The molecule has 508 valence electrons. The van der Waals surface area contributed by atoms with E-state index in [2.05, 4.69) is 165 Å². The lowest BCUT2D eigenvalue weighted by Crippen LogP contribution is -2.45. The fraction of sp³-hybridized carbons (Fsp3) is 0.662. The van der Waals surface area contributed by atoms with Crippen molar-refractivity contribution < 1.29 is 32.9 Å². The van der Waals surface area contributed by atoms with Gasteiger partial charge in [-0.15, -0.1) is 0 Å². The zero-order valence-corrected chi connectivity index (χ0v) is 59.0. The molecule has 0 aliphatic rings. The zero-order valence-electron chi connectivity index (χ0n) is 58.1. The number of hydrogen-bond donors (Lipinski definition) is 2. The van der Waals surface area contributed by atoms with Crippen molar-refractivity contribution in [2.75, 3.05) is 40.9 Å². The van der Waals surface area contributed by atoms with Crippen molar-refractivity contribution >= 4 is 13.7 Å². The number of phosphoric ester groups is 1. The molecular weight excluding hydrogens is 1120 g/mol. The molecule has 0 radical (unpaired) electrons.